The minimum Gasteiger partial charge on any atom is -0.497 e. The Morgan fingerprint density at radius 3 is 3.00 bits per heavy atom. The fourth-order valence-corrected chi connectivity index (χ4v) is 1.19. The second-order valence-electron chi connectivity index (χ2n) is 2.89. The first-order valence-electron chi connectivity index (χ1n) is 4.34. The van der Waals surface area contributed by atoms with E-state index in [0.29, 0.717) is 29.2 Å². The van der Waals surface area contributed by atoms with Gasteiger partial charge in [-0.1, -0.05) is 0 Å². The highest BCUT2D eigenvalue weighted by molar-refractivity contribution is 5.72. The summed E-state index contributed by atoms with van der Waals surface area (Å²) < 4.78 is 5.06. The molecule has 2 rings (SSSR count). The van der Waals surface area contributed by atoms with Gasteiger partial charge in [0.15, 0.2) is 12.1 Å². The molecule has 0 aliphatic heterocycles. The van der Waals surface area contributed by atoms with E-state index in [4.69, 9.17) is 4.74 Å². The first kappa shape index (κ1) is 9.39. The number of hydrogen-bond donors (Lipinski definition) is 1. The van der Waals surface area contributed by atoms with E-state index in [-0.39, 0.29) is 0 Å². The zero-order valence-electron chi connectivity index (χ0n) is 8.10. The number of imidazole rings is 1. The lowest BCUT2D eigenvalue weighted by Gasteiger charge is -2.00. The number of aldehydes is 1. The summed E-state index contributed by atoms with van der Waals surface area (Å²) in [7, 11) is 1.58. The number of rotatable bonds is 3. The van der Waals surface area contributed by atoms with E-state index in [2.05, 4.69) is 15.0 Å². The first-order valence-corrected chi connectivity index (χ1v) is 4.34. The van der Waals surface area contributed by atoms with Crippen molar-refractivity contribution >= 4 is 6.29 Å². The fourth-order valence-electron chi connectivity index (χ4n) is 1.19. The van der Waals surface area contributed by atoms with Crippen LogP contribution in [0.3, 0.4) is 0 Å². The van der Waals surface area contributed by atoms with Crippen LogP contribution in [0, 0.1) is 0 Å². The molecule has 2 aromatic rings. The van der Waals surface area contributed by atoms with Gasteiger partial charge in [0.25, 0.3) is 0 Å². The van der Waals surface area contributed by atoms with Crippen molar-refractivity contribution in [3.05, 3.63) is 30.2 Å². The van der Waals surface area contributed by atoms with Crippen LogP contribution in [0.1, 0.15) is 10.5 Å². The van der Waals surface area contributed by atoms with Crippen molar-refractivity contribution in [1.82, 2.24) is 15.0 Å². The van der Waals surface area contributed by atoms with Crippen LogP contribution in [-0.4, -0.2) is 28.3 Å². The van der Waals surface area contributed by atoms with Gasteiger partial charge in [-0.15, -0.1) is 0 Å². The largest absolute Gasteiger partial charge is 0.497 e. The Kier molecular flexibility index (Phi) is 2.45. The molecule has 5 nitrogen and oxygen atoms in total. The van der Waals surface area contributed by atoms with Crippen molar-refractivity contribution in [2.24, 2.45) is 0 Å². The average molecular weight is 203 g/mol. The van der Waals surface area contributed by atoms with Crippen molar-refractivity contribution in [3.63, 3.8) is 0 Å². The van der Waals surface area contributed by atoms with Crippen LogP contribution in [0.4, 0.5) is 0 Å². The normalized spacial score (nSPS) is 9.93. The summed E-state index contributed by atoms with van der Waals surface area (Å²) in [6.45, 7) is 0. The Balaban J connectivity index is 2.39. The molecular weight excluding hydrogens is 194 g/mol. The van der Waals surface area contributed by atoms with E-state index in [1.54, 1.807) is 25.4 Å². The SMILES string of the molecule is COc1ccnc(-c2ncc(C=O)[nH]2)c1. The maximum atomic E-state index is 10.5. The molecule has 15 heavy (non-hydrogen) atoms. The molecule has 0 aliphatic rings. The Bertz CT molecular complexity index is 479. The molecule has 0 aliphatic carbocycles. The van der Waals surface area contributed by atoms with E-state index < -0.39 is 0 Å². The predicted molar refractivity (Wildman–Crippen MR) is 53.8 cm³/mol. The quantitative estimate of drug-likeness (QED) is 0.763. The van der Waals surface area contributed by atoms with Gasteiger partial charge < -0.3 is 9.72 Å². The number of pyridine rings is 1. The van der Waals surface area contributed by atoms with Gasteiger partial charge in [0, 0.05) is 12.3 Å². The minimum atomic E-state index is 0.426. The van der Waals surface area contributed by atoms with E-state index in [0.717, 1.165) is 0 Å². The number of nitrogens with one attached hydrogen (secondary N) is 1. The Hall–Kier alpha value is -2.17. The summed E-state index contributed by atoms with van der Waals surface area (Å²) in [5, 5.41) is 0. The van der Waals surface area contributed by atoms with Crippen molar-refractivity contribution in [1.29, 1.82) is 0 Å². The minimum absolute atomic E-state index is 0.426. The molecule has 0 unspecified atom stereocenters. The van der Waals surface area contributed by atoms with Crippen LogP contribution in [0.5, 0.6) is 5.75 Å². The highest BCUT2D eigenvalue weighted by atomic mass is 16.5. The van der Waals surface area contributed by atoms with Gasteiger partial charge in [-0.3, -0.25) is 9.78 Å². The molecule has 5 heteroatoms. The number of carbonyl (C=O) groups is 1. The lowest BCUT2D eigenvalue weighted by Crippen LogP contribution is -1.88. The molecular formula is C10H9N3O2. The third-order valence-corrected chi connectivity index (χ3v) is 1.93. The van der Waals surface area contributed by atoms with Crippen LogP contribution < -0.4 is 4.74 Å². The van der Waals surface area contributed by atoms with Crippen molar-refractivity contribution in [2.45, 2.75) is 0 Å². The van der Waals surface area contributed by atoms with Gasteiger partial charge in [0.05, 0.1) is 19.0 Å². The van der Waals surface area contributed by atoms with Crippen LogP contribution in [0.15, 0.2) is 24.5 Å². The number of ether oxygens (including phenoxy) is 1. The number of nitrogens with zero attached hydrogens (tertiary/aromatic N) is 2. The van der Waals surface area contributed by atoms with Gasteiger partial charge in [0.1, 0.15) is 11.4 Å². The summed E-state index contributed by atoms with van der Waals surface area (Å²) in [5.74, 6) is 1.25. The third kappa shape index (κ3) is 1.85. The van der Waals surface area contributed by atoms with Crippen LogP contribution in [0.25, 0.3) is 11.5 Å². The number of methoxy groups -OCH3 is 1. The molecule has 0 atom stereocenters. The van der Waals surface area contributed by atoms with E-state index in [9.17, 15) is 4.79 Å². The molecule has 1 N–H and O–H groups in total. The van der Waals surface area contributed by atoms with Gasteiger partial charge >= 0.3 is 0 Å². The van der Waals surface area contributed by atoms with E-state index in [1.165, 1.54) is 6.20 Å². The van der Waals surface area contributed by atoms with Crippen molar-refractivity contribution < 1.29 is 9.53 Å². The number of carbonyl (C=O) groups excluding carboxylic acids is 1. The standard InChI is InChI=1S/C10H9N3O2/c1-15-8-2-3-11-9(4-8)10-12-5-7(6-14)13-10/h2-6H,1H3,(H,12,13). The second kappa shape index (κ2) is 3.91. The maximum Gasteiger partial charge on any atom is 0.167 e. The summed E-state index contributed by atoms with van der Waals surface area (Å²) in [6.07, 6.45) is 3.79. The number of hydrogen-bond acceptors (Lipinski definition) is 4. The lowest BCUT2D eigenvalue weighted by atomic mass is 10.3. The summed E-state index contributed by atoms with van der Waals surface area (Å²) in [5.41, 5.74) is 1.07. The number of aromatic nitrogens is 3. The molecule has 2 heterocycles. The number of aromatic amines is 1. The molecule has 0 radical (unpaired) electrons. The number of H-pyrrole nitrogens is 1. The van der Waals surface area contributed by atoms with E-state index in [1.807, 2.05) is 0 Å². The lowest BCUT2D eigenvalue weighted by molar-refractivity contribution is 0.111. The second-order valence-corrected chi connectivity index (χ2v) is 2.89. The molecule has 76 valence electrons. The Morgan fingerprint density at radius 1 is 1.47 bits per heavy atom. The highest BCUT2D eigenvalue weighted by Gasteiger charge is 2.05. The van der Waals surface area contributed by atoms with Gasteiger partial charge in [-0.2, -0.15) is 0 Å². The molecule has 2 aromatic heterocycles. The first-order chi connectivity index (χ1) is 7.33. The molecule has 0 amide bonds. The molecule has 0 spiro atoms. The summed E-state index contributed by atoms with van der Waals surface area (Å²) >= 11 is 0. The zero-order valence-corrected chi connectivity index (χ0v) is 8.10. The smallest absolute Gasteiger partial charge is 0.167 e. The third-order valence-electron chi connectivity index (χ3n) is 1.93. The molecule has 0 saturated carbocycles. The van der Waals surface area contributed by atoms with Gasteiger partial charge in [0.2, 0.25) is 0 Å². The monoisotopic (exact) mass is 203 g/mol. The van der Waals surface area contributed by atoms with Gasteiger partial charge in [-0.25, -0.2) is 4.98 Å². The highest BCUT2D eigenvalue weighted by Crippen LogP contribution is 2.17. The Labute approximate surface area is 86.1 Å². The topological polar surface area (TPSA) is 67.9 Å². The van der Waals surface area contributed by atoms with E-state index >= 15 is 0 Å². The Morgan fingerprint density at radius 2 is 2.33 bits per heavy atom. The molecule has 0 saturated heterocycles. The fraction of sp³-hybridized carbons (Fsp3) is 0.100. The van der Waals surface area contributed by atoms with Crippen LogP contribution in [-0.2, 0) is 0 Å². The van der Waals surface area contributed by atoms with Crippen LogP contribution in [0.2, 0.25) is 0 Å². The van der Waals surface area contributed by atoms with Crippen molar-refractivity contribution in [2.75, 3.05) is 7.11 Å². The molecule has 0 aromatic carbocycles. The van der Waals surface area contributed by atoms with Gasteiger partial charge in [-0.05, 0) is 6.07 Å². The zero-order chi connectivity index (χ0) is 10.7. The average Bonchev–Trinajstić information content (AvgIpc) is 2.78. The van der Waals surface area contributed by atoms with Crippen molar-refractivity contribution in [3.8, 4) is 17.3 Å². The molecule has 0 fully saturated rings. The predicted octanol–water partition coefficient (Wildman–Crippen LogP) is 1.29. The molecule has 0 bridgehead atoms. The van der Waals surface area contributed by atoms with Crippen LogP contribution >= 0.6 is 0 Å². The summed E-state index contributed by atoms with van der Waals surface area (Å²) in [4.78, 5) is 21.4. The maximum absolute atomic E-state index is 10.5. The summed E-state index contributed by atoms with van der Waals surface area (Å²) in [6, 6.07) is 3.49.